The largest absolute Gasteiger partial charge is 0.282 e. The molecule has 2 aromatic rings. The molecule has 4 rings (SSSR count). The molecule has 0 aromatic heterocycles. The van der Waals surface area contributed by atoms with Crippen molar-refractivity contribution < 1.29 is 24.2 Å². The Morgan fingerprint density at radius 3 is 2.37 bits per heavy atom. The number of fused-ring (bicyclic) bond motifs is 1. The Morgan fingerprint density at radius 2 is 1.69 bits per heavy atom. The second-order valence-corrected chi connectivity index (χ2v) is 9.22. The van der Waals surface area contributed by atoms with Gasteiger partial charge in [0.25, 0.3) is 29.1 Å². The van der Waals surface area contributed by atoms with Crippen LogP contribution in [0, 0.1) is 38.0 Å². The van der Waals surface area contributed by atoms with Crippen molar-refractivity contribution in [3.63, 3.8) is 0 Å². The van der Waals surface area contributed by atoms with Gasteiger partial charge in [0.05, 0.1) is 33.8 Å². The number of nitro benzene ring substituents is 2. The molecule has 12 heteroatoms. The summed E-state index contributed by atoms with van der Waals surface area (Å²) < 4.78 is 0. The lowest BCUT2D eigenvalue weighted by atomic mass is 9.76. The molecular formula is C23H21ClN4O7. The molecule has 0 N–H and O–H groups in total. The number of rotatable bonds is 6. The van der Waals surface area contributed by atoms with Gasteiger partial charge in [0.15, 0.2) is 0 Å². The van der Waals surface area contributed by atoms with Gasteiger partial charge in [0, 0.05) is 17.2 Å². The number of benzene rings is 2. The number of halogens is 1. The van der Waals surface area contributed by atoms with Crippen molar-refractivity contribution in [1.82, 2.24) is 10.0 Å². The Hall–Kier alpha value is -3.86. The monoisotopic (exact) mass is 500 g/mol. The highest BCUT2D eigenvalue weighted by Crippen LogP contribution is 2.42. The molecule has 1 aliphatic carbocycles. The molecule has 0 radical (unpaired) electrons. The van der Waals surface area contributed by atoms with Crippen molar-refractivity contribution in [2.45, 2.75) is 32.7 Å². The summed E-state index contributed by atoms with van der Waals surface area (Å²) in [5.41, 5.74) is -1.27. The second-order valence-electron chi connectivity index (χ2n) is 8.79. The Morgan fingerprint density at radius 1 is 1.03 bits per heavy atom. The standard InChI is InChI=1S/C23H21ClN4O7/c1-13-6-9-16-18(10-13)23(31)26(22(16)30)25(12-14-7-8-15(24)11-20(14)28(34)35)21(29)17-4-2-3-5-19(17)27(32)33/h2-5,7-8,11,13,16,18H,6,9-10,12H2,1H3/t13-,16+,18-/m1/s1. The van der Waals surface area contributed by atoms with Crippen molar-refractivity contribution in [2.24, 2.45) is 17.8 Å². The van der Waals surface area contributed by atoms with Crippen LogP contribution in [0.3, 0.4) is 0 Å². The molecule has 1 aliphatic heterocycles. The molecule has 1 saturated carbocycles. The van der Waals surface area contributed by atoms with E-state index in [0.29, 0.717) is 12.8 Å². The topological polar surface area (TPSA) is 144 Å². The van der Waals surface area contributed by atoms with Crippen LogP contribution in [0.1, 0.15) is 42.1 Å². The van der Waals surface area contributed by atoms with E-state index < -0.39 is 57.3 Å². The van der Waals surface area contributed by atoms with Gasteiger partial charge >= 0.3 is 0 Å². The summed E-state index contributed by atoms with van der Waals surface area (Å²) in [5, 5.41) is 24.8. The summed E-state index contributed by atoms with van der Waals surface area (Å²) in [4.78, 5) is 62.1. The second kappa shape index (κ2) is 9.41. The maximum atomic E-state index is 13.7. The fourth-order valence-corrected chi connectivity index (χ4v) is 4.96. The zero-order chi connectivity index (χ0) is 25.4. The normalized spacial score (nSPS) is 21.5. The lowest BCUT2D eigenvalue weighted by molar-refractivity contribution is -0.385. The van der Waals surface area contributed by atoms with Crippen LogP contribution in [0.15, 0.2) is 42.5 Å². The zero-order valence-electron chi connectivity index (χ0n) is 18.6. The van der Waals surface area contributed by atoms with E-state index in [2.05, 4.69) is 0 Å². The summed E-state index contributed by atoms with van der Waals surface area (Å²) in [6.45, 7) is 1.44. The zero-order valence-corrected chi connectivity index (χ0v) is 19.4. The van der Waals surface area contributed by atoms with Gasteiger partial charge in [-0.1, -0.05) is 30.7 Å². The fraction of sp³-hybridized carbons (Fsp3) is 0.348. The number of para-hydroxylation sites is 1. The van der Waals surface area contributed by atoms with Crippen molar-refractivity contribution in [1.29, 1.82) is 0 Å². The minimum atomic E-state index is -0.991. The van der Waals surface area contributed by atoms with E-state index in [1.807, 2.05) is 6.92 Å². The van der Waals surface area contributed by atoms with E-state index >= 15 is 0 Å². The first-order chi connectivity index (χ1) is 16.6. The van der Waals surface area contributed by atoms with Gasteiger partial charge in [-0.15, -0.1) is 0 Å². The molecule has 3 atom stereocenters. The maximum Gasteiger partial charge on any atom is 0.282 e. The Kier molecular flexibility index (Phi) is 6.53. The lowest BCUT2D eigenvalue weighted by Crippen LogP contribution is -2.50. The molecule has 2 fully saturated rings. The summed E-state index contributed by atoms with van der Waals surface area (Å²) in [5.74, 6) is -3.18. The Labute approximate surface area is 204 Å². The van der Waals surface area contributed by atoms with Crippen LogP contribution in [0.5, 0.6) is 0 Å². The van der Waals surface area contributed by atoms with E-state index in [9.17, 15) is 34.6 Å². The van der Waals surface area contributed by atoms with E-state index in [1.165, 1.54) is 30.3 Å². The molecule has 3 amide bonds. The van der Waals surface area contributed by atoms with Crippen LogP contribution in [-0.2, 0) is 16.1 Å². The average Bonchev–Trinajstić information content (AvgIpc) is 3.06. The summed E-state index contributed by atoms with van der Waals surface area (Å²) >= 11 is 5.90. The van der Waals surface area contributed by atoms with Crippen molar-refractivity contribution in [3.8, 4) is 0 Å². The van der Waals surface area contributed by atoms with E-state index in [-0.39, 0.29) is 22.1 Å². The number of hydrogen-bond acceptors (Lipinski definition) is 7. The highest BCUT2D eigenvalue weighted by Gasteiger charge is 2.53. The van der Waals surface area contributed by atoms with Crippen molar-refractivity contribution in [2.75, 3.05) is 0 Å². The first-order valence-corrected chi connectivity index (χ1v) is 11.3. The van der Waals surface area contributed by atoms with Crippen LogP contribution in [0.25, 0.3) is 0 Å². The third kappa shape index (κ3) is 4.46. The number of hydrogen-bond donors (Lipinski definition) is 0. The maximum absolute atomic E-state index is 13.7. The smallest absolute Gasteiger partial charge is 0.272 e. The van der Waals surface area contributed by atoms with Crippen LogP contribution >= 0.6 is 11.6 Å². The number of nitro groups is 2. The number of hydrazine groups is 1. The third-order valence-corrected chi connectivity index (χ3v) is 6.77. The minimum absolute atomic E-state index is 0.00942. The predicted molar refractivity (Wildman–Crippen MR) is 123 cm³/mol. The van der Waals surface area contributed by atoms with Crippen LogP contribution in [0.2, 0.25) is 5.02 Å². The van der Waals surface area contributed by atoms with Gasteiger partial charge in [-0.05, 0) is 43.4 Å². The molecule has 2 aromatic carbocycles. The molecule has 2 aliphatic rings. The molecule has 35 heavy (non-hydrogen) atoms. The molecule has 182 valence electrons. The van der Waals surface area contributed by atoms with Crippen LogP contribution in [0.4, 0.5) is 11.4 Å². The van der Waals surface area contributed by atoms with Crippen molar-refractivity contribution in [3.05, 3.63) is 78.8 Å². The SMILES string of the molecule is C[C@@H]1CC[C@@H]2C(=O)N(N(Cc3ccc(Cl)cc3[N+](=O)[O-])C(=O)c3ccccc3[N+](=O)[O-])C(=O)[C@@H]2C1. The first-order valence-electron chi connectivity index (χ1n) is 11.0. The Bertz CT molecular complexity index is 1250. The number of carbonyl (C=O) groups excluding carboxylic acids is 3. The van der Waals surface area contributed by atoms with Gasteiger partial charge in [-0.3, -0.25) is 34.6 Å². The van der Waals surface area contributed by atoms with Gasteiger partial charge in [-0.2, -0.15) is 5.01 Å². The number of carbonyl (C=O) groups is 3. The number of amides is 3. The van der Waals surface area contributed by atoms with Gasteiger partial charge < -0.3 is 0 Å². The van der Waals surface area contributed by atoms with E-state index in [1.54, 1.807) is 0 Å². The fourth-order valence-electron chi connectivity index (χ4n) is 4.80. The highest BCUT2D eigenvalue weighted by atomic mass is 35.5. The predicted octanol–water partition coefficient (Wildman–Crippen LogP) is 4.14. The molecular weight excluding hydrogens is 480 g/mol. The molecule has 0 unspecified atom stereocenters. The Balaban J connectivity index is 1.82. The number of nitrogens with zero attached hydrogens (tertiary/aromatic N) is 4. The van der Waals surface area contributed by atoms with E-state index in [4.69, 9.17) is 11.6 Å². The van der Waals surface area contributed by atoms with Crippen molar-refractivity contribution >= 4 is 40.7 Å². The van der Waals surface area contributed by atoms with Gasteiger partial charge in [0.1, 0.15) is 5.56 Å². The lowest BCUT2D eigenvalue weighted by Gasteiger charge is -2.30. The molecule has 0 bridgehead atoms. The van der Waals surface area contributed by atoms with E-state index in [0.717, 1.165) is 28.6 Å². The molecule has 1 heterocycles. The summed E-state index contributed by atoms with van der Waals surface area (Å²) in [6, 6.07) is 8.94. The minimum Gasteiger partial charge on any atom is -0.272 e. The summed E-state index contributed by atoms with van der Waals surface area (Å²) in [6.07, 6.45) is 1.69. The number of imide groups is 1. The molecule has 11 nitrogen and oxygen atoms in total. The first kappa shape index (κ1) is 24.3. The highest BCUT2D eigenvalue weighted by molar-refractivity contribution is 6.30. The third-order valence-electron chi connectivity index (χ3n) is 6.54. The summed E-state index contributed by atoms with van der Waals surface area (Å²) in [7, 11) is 0. The van der Waals surface area contributed by atoms with Crippen LogP contribution < -0.4 is 0 Å². The van der Waals surface area contributed by atoms with Gasteiger partial charge in [-0.25, -0.2) is 5.01 Å². The molecule has 1 saturated heterocycles. The molecule has 0 spiro atoms. The van der Waals surface area contributed by atoms with Crippen LogP contribution in [-0.4, -0.2) is 37.6 Å². The average molecular weight is 501 g/mol. The quantitative estimate of drug-likeness (QED) is 0.329. The van der Waals surface area contributed by atoms with Gasteiger partial charge in [0.2, 0.25) is 0 Å².